The first kappa shape index (κ1) is 28.3. The maximum atomic E-state index is 13.6. The second kappa shape index (κ2) is 9.63. The van der Waals surface area contributed by atoms with Gasteiger partial charge in [-0.2, -0.15) is 48.3 Å². The van der Waals surface area contributed by atoms with E-state index in [9.17, 15) is 53.1 Å². The number of carbonyl (C=O) groups is 1. The van der Waals surface area contributed by atoms with Crippen molar-refractivity contribution in [1.82, 2.24) is 0 Å². The van der Waals surface area contributed by atoms with Gasteiger partial charge in [0.2, 0.25) is 0 Å². The predicted molar refractivity (Wildman–Crippen MR) is 89.7 cm³/mol. The van der Waals surface area contributed by atoms with Crippen LogP contribution in [0.3, 0.4) is 0 Å². The second-order valence-corrected chi connectivity index (χ2v) is 6.35. The Balaban J connectivity index is 3.05. The summed E-state index contributed by atoms with van der Waals surface area (Å²) in [5, 5.41) is 0. The molecule has 0 spiro atoms. The number of hydrogen-bond acceptors (Lipinski definition) is 4. The standard InChI is InChI=1S/C18H15F11O4/c1-31-11-5-3-10(9-12(11)32-2)4-6-13(30)33-18(28,29)17(26,27)16(24,25)14(19,20)7-8-15(21,22)23/h3-6,9H,7-8H2,1-2H3. The van der Waals surface area contributed by atoms with Crippen LogP contribution in [0.2, 0.25) is 0 Å². The third kappa shape index (κ3) is 6.41. The number of benzene rings is 1. The van der Waals surface area contributed by atoms with Gasteiger partial charge in [-0.25, -0.2) is 4.79 Å². The molecular formula is C18H15F11O4. The van der Waals surface area contributed by atoms with E-state index in [4.69, 9.17) is 9.47 Å². The van der Waals surface area contributed by atoms with Crippen LogP contribution < -0.4 is 9.47 Å². The molecule has 4 nitrogen and oxygen atoms in total. The van der Waals surface area contributed by atoms with Crippen molar-refractivity contribution in [3.05, 3.63) is 29.8 Å². The van der Waals surface area contributed by atoms with Crippen LogP contribution in [0.1, 0.15) is 18.4 Å². The third-order valence-corrected chi connectivity index (χ3v) is 3.99. The Hall–Kier alpha value is -2.74. The van der Waals surface area contributed by atoms with Crippen molar-refractivity contribution in [3.63, 3.8) is 0 Å². The molecule has 0 atom stereocenters. The maximum absolute atomic E-state index is 13.6. The summed E-state index contributed by atoms with van der Waals surface area (Å²) in [6.45, 7) is 0. The van der Waals surface area contributed by atoms with Gasteiger partial charge < -0.3 is 14.2 Å². The molecular weight excluding hydrogens is 489 g/mol. The number of methoxy groups -OCH3 is 2. The fourth-order valence-electron chi connectivity index (χ4n) is 2.21. The van der Waals surface area contributed by atoms with Gasteiger partial charge in [-0.1, -0.05) is 6.07 Å². The Bertz CT molecular complexity index is 863. The van der Waals surface area contributed by atoms with Crippen molar-refractivity contribution >= 4 is 12.0 Å². The summed E-state index contributed by atoms with van der Waals surface area (Å²) >= 11 is 0. The van der Waals surface area contributed by atoms with Crippen LogP contribution in [-0.4, -0.2) is 50.2 Å². The molecule has 0 N–H and O–H groups in total. The summed E-state index contributed by atoms with van der Waals surface area (Å²) in [7, 11) is 2.49. The minimum atomic E-state index is -7.07. The molecule has 1 aromatic rings. The predicted octanol–water partition coefficient (Wildman–Crippen LogP) is 6.10. The summed E-state index contributed by atoms with van der Waals surface area (Å²) in [6, 6.07) is 3.70. The topological polar surface area (TPSA) is 44.8 Å². The molecule has 0 amide bonds. The molecule has 0 saturated heterocycles. The van der Waals surface area contributed by atoms with Gasteiger partial charge in [0.25, 0.3) is 0 Å². The molecule has 0 saturated carbocycles. The zero-order valence-electron chi connectivity index (χ0n) is 16.6. The van der Waals surface area contributed by atoms with E-state index in [0.717, 1.165) is 0 Å². The SMILES string of the molecule is COc1ccc(C=CC(=O)OC(F)(F)C(F)(F)C(F)(F)C(F)(F)CCC(F)(F)F)cc1OC. The largest absolute Gasteiger partial charge is 0.493 e. The molecule has 1 rings (SSSR count). The Morgan fingerprint density at radius 3 is 1.85 bits per heavy atom. The third-order valence-electron chi connectivity index (χ3n) is 3.99. The van der Waals surface area contributed by atoms with Crippen LogP contribution in [0.25, 0.3) is 6.08 Å². The van der Waals surface area contributed by atoms with Gasteiger partial charge in [-0.15, -0.1) is 0 Å². The molecule has 0 fully saturated rings. The Labute approximate surface area is 178 Å². The minimum Gasteiger partial charge on any atom is -0.493 e. The highest BCUT2D eigenvalue weighted by Crippen LogP contribution is 2.54. The first-order chi connectivity index (χ1) is 14.8. The lowest BCUT2D eigenvalue weighted by molar-refractivity contribution is -0.417. The fourth-order valence-corrected chi connectivity index (χ4v) is 2.21. The average molecular weight is 504 g/mol. The van der Waals surface area contributed by atoms with Crippen LogP contribution in [0.5, 0.6) is 11.5 Å². The number of hydrogen-bond donors (Lipinski definition) is 0. The monoisotopic (exact) mass is 504 g/mol. The van der Waals surface area contributed by atoms with Crippen molar-refractivity contribution in [2.24, 2.45) is 0 Å². The molecule has 0 aromatic heterocycles. The number of rotatable bonds is 10. The van der Waals surface area contributed by atoms with E-state index in [1.54, 1.807) is 0 Å². The second-order valence-electron chi connectivity index (χ2n) is 6.35. The van der Waals surface area contributed by atoms with E-state index in [1.165, 1.54) is 32.4 Å². The van der Waals surface area contributed by atoms with E-state index in [1.807, 2.05) is 0 Å². The summed E-state index contributed by atoms with van der Waals surface area (Å²) < 4.78 is 157. The van der Waals surface area contributed by atoms with Crippen molar-refractivity contribution in [2.75, 3.05) is 14.2 Å². The van der Waals surface area contributed by atoms with Crippen molar-refractivity contribution in [3.8, 4) is 11.5 Å². The highest BCUT2D eigenvalue weighted by molar-refractivity contribution is 5.87. The van der Waals surface area contributed by atoms with Crippen molar-refractivity contribution in [1.29, 1.82) is 0 Å². The van der Waals surface area contributed by atoms with Gasteiger partial charge in [0.1, 0.15) is 0 Å². The number of esters is 1. The zero-order chi connectivity index (χ0) is 25.9. The van der Waals surface area contributed by atoms with E-state index in [-0.39, 0.29) is 23.1 Å². The van der Waals surface area contributed by atoms with Crippen LogP contribution in [0, 0.1) is 0 Å². The number of halogens is 11. The molecule has 0 radical (unpaired) electrons. The van der Waals surface area contributed by atoms with E-state index >= 15 is 0 Å². The Kier molecular flexibility index (Phi) is 8.26. The highest BCUT2D eigenvalue weighted by Gasteiger charge is 2.82. The lowest BCUT2D eigenvalue weighted by Crippen LogP contribution is -2.63. The van der Waals surface area contributed by atoms with Gasteiger partial charge >= 0.3 is 36.0 Å². The van der Waals surface area contributed by atoms with Crippen LogP contribution in [0.4, 0.5) is 48.3 Å². The smallest absolute Gasteiger partial charge is 0.473 e. The first-order valence-electron chi connectivity index (χ1n) is 8.52. The van der Waals surface area contributed by atoms with Gasteiger partial charge in [0.15, 0.2) is 11.5 Å². The van der Waals surface area contributed by atoms with E-state index < -0.39 is 48.9 Å². The molecule has 33 heavy (non-hydrogen) atoms. The molecule has 0 aliphatic heterocycles. The quantitative estimate of drug-likeness (QED) is 0.220. The normalized spacial score (nSPS) is 13.8. The minimum absolute atomic E-state index is 0.0312. The summed E-state index contributed by atoms with van der Waals surface area (Å²) in [4.78, 5) is 11.4. The molecule has 0 aliphatic rings. The zero-order valence-corrected chi connectivity index (χ0v) is 16.6. The summed E-state index contributed by atoms with van der Waals surface area (Å²) in [5.41, 5.74) is 0.0312. The number of carbonyl (C=O) groups excluding carboxylic acids is 1. The molecule has 0 unspecified atom stereocenters. The number of alkyl halides is 11. The van der Waals surface area contributed by atoms with E-state index in [2.05, 4.69) is 4.74 Å². The summed E-state index contributed by atoms with van der Waals surface area (Å²) in [5.74, 6) is -22.4. The van der Waals surface area contributed by atoms with Crippen LogP contribution >= 0.6 is 0 Å². The number of ether oxygens (including phenoxy) is 3. The molecule has 15 heteroatoms. The van der Waals surface area contributed by atoms with Gasteiger partial charge in [-0.3, -0.25) is 0 Å². The van der Waals surface area contributed by atoms with Crippen LogP contribution in [0.15, 0.2) is 24.3 Å². The summed E-state index contributed by atoms with van der Waals surface area (Å²) in [6.07, 6.45) is -16.8. The molecule has 0 aliphatic carbocycles. The van der Waals surface area contributed by atoms with Crippen LogP contribution in [-0.2, 0) is 9.53 Å². The molecule has 0 heterocycles. The Morgan fingerprint density at radius 2 is 1.36 bits per heavy atom. The average Bonchev–Trinajstić information content (AvgIpc) is 2.69. The maximum Gasteiger partial charge on any atom is 0.473 e. The molecule has 188 valence electrons. The van der Waals surface area contributed by atoms with Gasteiger partial charge in [0, 0.05) is 18.9 Å². The van der Waals surface area contributed by atoms with Crippen molar-refractivity contribution in [2.45, 2.75) is 42.9 Å². The lowest BCUT2D eigenvalue weighted by atomic mass is 9.99. The van der Waals surface area contributed by atoms with Gasteiger partial charge in [-0.05, 0) is 23.8 Å². The highest BCUT2D eigenvalue weighted by atomic mass is 19.4. The van der Waals surface area contributed by atoms with E-state index in [0.29, 0.717) is 6.08 Å². The first-order valence-corrected chi connectivity index (χ1v) is 8.52. The molecule has 0 bridgehead atoms. The Morgan fingerprint density at radius 1 is 0.818 bits per heavy atom. The van der Waals surface area contributed by atoms with Crippen molar-refractivity contribution < 1.29 is 67.3 Å². The molecule has 1 aromatic carbocycles. The fraction of sp³-hybridized carbons (Fsp3) is 0.500. The van der Waals surface area contributed by atoms with Gasteiger partial charge in [0.05, 0.1) is 14.2 Å². The lowest BCUT2D eigenvalue weighted by Gasteiger charge is -2.35.